The number of rotatable bonds is 5. The SMILES string of the molecule is CCC(CC)C(=O)OCc1c(C)noc1C. The van der Waals surface area contributed by atoms with Gasteiger partial charge in [0.15, 0.2) is 0 Å². The zero-order valence-corrected chi connectivity index (χ0v) is 10.4. The minimum absolute atomic E-state index is 0.000437. The number of nitrogens with zero attached hydrogens (tertiary/aromatic N) is 1. The summed E-state index contributed by atoms with van der Waals surface area (Å²) in [6.07, 6.45) is 1.63. The molecule has 4 nitrogen and oxygen atoms in total. The highest BCUT2D eigenvalue weighted by atomic mass is 16.5. The second-order valence-electron chi connectivity index (χ2n) is 3.92. The molecule has 0 atom stereocenters. The molecule has 0 saturated heterocycles. The zero-order valence-electron chi connectivity index (χ0n) is 10.4. The van der Waals surface area contributed by atoms with Crippen molar-refractivity contribution in [1.82, 2.24) is 5.16 Å². The molecule has 0 aliphatic carbocycles. The first kappa shape index (κ1) is 12.7. The molecule has 0 aromatic carbocycles. The van der Waals surface area contributed by atoms with Crippen molar-refractivity contribution < 1.29 is 14.1 Å². The first-order valence-electron chi connectivity index (χ1n) is 5.68. The van der Waals surface area contributed by atoms with Crippen molar-refractivity contribution in [1.29, 1.82) is 0 Å². The Kier molecular flexibility index (Phi) is 4.52. The van der Waals surface area contributed by atoms with Gasteiger partial charge in [0.2, 0.25) is 0 Å². The summed E-state index contributed by atoms with van der Waals surface area (Å²) in [5.74, 6) is 0.584. The molecule has 1 rings (SSSR count). The Morgan fingerprint density at radius 1 is 1.38 bits per heavy atom. The van der Waals surface area contributed by atoms with Crippen molar-refractivity contribution in [2.24, 2.45) is 5.92 Å². The second kappa shape index (κ2) is 5.68. The van der Waals surface area contributed by atoms with Gasteiger partial charge in [0.1, 0.15) is 12.4 Å². The van der Waals surface area contributed by atoms with Crippen LogP contribution in [0.5, 0.6) is 0 Å². The van der Waals surface area contributed by atoms with Crippen LogP contribution in [0.3, 0.4) is 0 Å². The number of aromatic nitrogens is 1. The van der Waals surface area contributed by atoms with Crippen molar-refractivity contribution in [2.45, 2.75) is 47.1 Å². The lowest BCUT2D eigenvalue weighted by molar-refractivity contribution is -0.150. The third kappa shape index (κ3) is 2.84. The fraction of sp³-hybridized carbons (Fsp3) is 0.667. The molecule has 16 heavy (non-hydrogen) atoms. The normalized spacial score (nSPS) is 10.8. The van der Waals surface area contributed by atoms with E-state index in [-0.39, 0.29) is 18.5 Å². The van der Waals surface area contributed by atoms with Crippen LogP contribution in [-0.4, -0.2) is 11.1 Å². The molecule has 0 spiro atoms. The average Bonchev–Trinajstić information content (AvgIpc) is 2.58. The smallest absolute Gasteiger partial charge is 0.309 e. The Morgan fingerprint density at radius 3 is 2.44 bits per heavy atom. The van der Waals surface area contributed by atoms with Crippen LogP contribution in [0.4, 0.5) is 0 Å². The standard InChI is InChI=1S/C12H19NO3/c1-5-10(6-2)12(14)15-7-11-8(3)13-16-9(11)4/h10H,5-7H2,1-4H3. The van der Waals surface area contributed by atoms with Crippen molar-refractivity contribution in [2.75, 3.05) is 0 Å². The first-order chi connectivity index (χ1) is 7.60. The number of carbonyl (C=O) groups is 1. The molecule has 0 saturated carbocycles. The Bertz CT molecular complexity index is 334. The predicted molar refractivity (Wildman–Crippen MR) is 59.8 cm³/mol. The molecule has 0 radical (unpaired) electrons. The molecule has 1 aromatic heterocycles. The van der Waals surface area contributed by atoms with Crippen LogP contribution in [0.2, 0.25) is 0 Å². The number of ether oxygens (including phenoxy) is 1. The molecule has 0 aliphatic rings. The monoisotopic (exact) mass is 225 g/mol. The Hall–Kier alpha value is -1.32. The minimum atomic E-state index is -0.134. The highest BCUT2D eigenvalue weighted by Crippen LogP contribution is 2.16. The van der Waals surface area contributed by atoms with Gasteiger partial charge < -0.3 is 9.26 Å². The molecule has 0 aliphatic heterocycles. The lowest BCUT2D eigenvalue weighted by atomic mass is 10.0. The van der Waals surface area contributed by atoms with Gasteiger partial charge in [0.05, 0.1) is 17.2 Å². The fourth-order valence-corrected chi connectivity index (χ4v) is 1.59. The summed E-state index contributed by atoms with van der Waals surface area (Å²) in [5, 5.41) is 3.81. The number of esters is 1. The molecule has 4 heteroatoms. The van der Waals surface area contributed by atoms with Gasteiger partial charge in [-0.3, -0.25) is 4.79 Å². The summed E-state index contributed by atoms with van der Waals surface area (Å²) in [6, 6.07) is 0. The molecule has 1 heterocycles. The summed E-state index contributed by atoms with van der Waals surface area (Å²) >= 11 is 0. The molecular formula is C12H19NO3. The van der Waals surface area contributed by atoms with Gasteiger partial charge in [-0.1, -0.05) is 19.0 Å². The van der Waals surface area contributed by atoms with Gasteiger partial charge in [-0.05, 0) is 26.7 Å². The Morgan fingerprint density at radius 2 is 2.00 bits per heavy atom. The largest absolute Gasteiger partial charge is 0.460 e. The molecule has 0 unspecified atom stereocenters. The Balaban J connectivity index is 2.55. The summed E-state index contributed by atoms with van der Waals surface area (Å²) in [5.41, 5.74) is 1.66. The quantitative estimate of drug-likeness (QED) is 0.723. The molecule has 0 fully saturated rings. The van der Waals surface area contributed by atoms with E-state index in [4.69, 9.17) is 9.26 Å². The summed E-state index contributed by atoms with van der Waals surface area (Å²) in [6.45, 7) is 7.91. The molecule has 0 N–H and O–H groups in total. The van der Waals surface area contributed by atoms with Crippen molar-refractivity contribution in [3.63, 3.8) is 0 Å². The first-order valence-corrected chi connectivity index (χ1v) is 5.68. The molecule has 0 amide bonds. The lowest BCUT2D eigenvalue weighted by Crippen LogP contribution is -2.16. The highest BCUT2D eigenvalue weighted by Gasteiger charge is 2.17. The Labute approximate surface area is 96.0 Å². The van der Waals surface area contributed by atoms with Crippen molar-refractivity contribution in [3.05, 3.63) is 17.0 Å². The summed E-state index contributed by atoms with van der Waals surface area (Å²) in [4.78, 5) is 11.6. The predicted octanol–water partition coefficient (Wildman–Crippen LogP) is 2.77. The fourth-order valence-electron chi connectivity index (χ4n) is 1.59. The van der Waals surface area contributed by atoms with Crippen LogP contribution in [0.25, 0.3) is 0 Å². The van der Waals surface area contributed by atoms with E-state index in [1.807, 2.05) is 27.7 Å². The van der Waals surface area contributed by atoms with Crippen LogP contribution >= 0.6 is 0 Å². The third-order valence-corrected chi connectivity index (χ3v) is 2.86. The topological polar surface area (TPSA) is 52.3 Å². The van der Waals surface area contributed by atoms with E-state index in [0.717, 1.165) is 29.9 Å². The van der Waals surface area contributed by atoms with Crippen LogP contribution in [0.15, 0.2) is 4.52 Å². The van der Waals surface area contributed by atoms with Gasteiger partial charge in [-0.2, -0.15) is 0 Å². The number of hydrogen-bond acceptors (Lipinski definition) is 4. The lowest BCUT2D eigenvalue weighted by Gasteiger charge is -2.11. The maximum Gasteiger partial charge on any atom is 0.309 e. The van der Waals surface area contributed by atoms with Crippen LogP contribution < -0.4 is 0 Å². The molecule has 90 valence electrons. The van der Waals surface area contributed by atoms with E-state index in [2.05, 4.69) is 5.16 Å². The van der Waals surface area contributed by atoms with E-state index in [1.165, 1.54) is 0 Å². The highest BCUT2D eigenvalue weighted by molar-refractivity contribution is 5.72. The summed E-state index contributed by atoms with van der Waals surface area (Å²) < 4.78 is 10.3. The van der Waals surface area contributed by atoms with E-state index in [9.17, 15) is 4.79 Å². The maximum atomic E-state index is 11.6. The second-order valence-corrected chi connectivity index (χ2v) is 3.92. The van der Waals surface area contributed by atoms with Gasteiger partial charge in [-0.25, -0.2) is 0 Å². The van der Waals surface area contributed by atoms with E-state index < -0.39 is 0 Å². The third-order valence-electron chi connectivity index (χ3n) is 2.86. The van der Waals surface area contributed by atoms with Crippen LogP contribution in [-0.2, 0) is 16.1 Å². The van der Waals surface area contributed by atoms with Gasteiger partial charge in [-0.15, -0.1) is 0 Å². The van der Waals surface area contributed by atoms with Crippen molar-refractivity contribution in [3.8, 4) is 0 Å². The number of carbonyl (C=O) groups excluding carboxylic acids is 1. The summed E-state index contributed by atoms with van der Waals surface area (Å²) in [7, 11) is 0. The molecule has 0 bridgehead atoms. The number of aryl methyl sites for hydroxylation is 2. The average molecular weight is 225 g/mol. The number of hydrogen-bond donors (Lipinski definition) is 0. The van der Waals surface area contributed by atoms with Gasteiger partial charge in [0.25, 0.3) is 0 Å². The van der Waals surface area contributed by atoms with E-state index in [1.54, 1.807) is 0 Å². The van der Waals surface area contributed by atoms with Crippen molar-refractivity contribution >= 4 is 5.97 Å². The maximum absolute atomic E-state index is 11.6. The van der Waals surface area contributed by atoms with E-state index >= 15 is 0 Å². The van der Waals surface area contributed by atoms with E-state index in [0.29, 0.717) is 0 Å². The van der Waals surface area contributed by atoms with Gasteiger partial charge in [0, 0.05) is 0 Å². The minimum Gasteiger partial charge on any atom is -0.460 e. The zero-order chi connectivity index (χ0) is 12.1. The van der Waals surface area contributed by atoms with Crippen LogP contribution in [0, 0.1) is 19.8 Å². The molecule has 1 aromatic rings. The molecular weight excluding hydrogens is 206 g/mol. The van der Waals surface area contributed by atoms with Gasteiger partial charge >= 0.3 is 5.97 Å². The van der Waals surface area contributed by atoms with Crippen LogP contribution in [0.1, 0.15) is 43.7 Å².